The van der Waals surface area contributed by atoms with Crippen molar-refractivity contribution in [1.29, 1.82) is 0 Å². The monoisotopic (exact) mass is 572 g/mol. The maximum absolute atomic E-state index is 13.4. The zero-order chi connectivity index (χ0) is 30.0. The van der Waals surface area contributed by atoms with Crippen LogP contribution in [-0.4, -0.2) is 65.7 Å². The third kappa shape index (κ3) is 9.34. The number of aromatic nitrogens is 1. The smallest absolute Gasteiger partial charge is 0.345 e. The molecule has 0 unspecified atom stereocenters. The van der Waals surface area contributed by atoms with E-state index in [4.69, 9.17) is 17.2 Å². The second-order valence-electron chi connectivity index (χ2n) is 9.74. The van der Waals surface area contributed by atoms with Gasteiger partial charge in [0.1, 0.15) is 0 Å². The molecule has 1 aromatic heterocycles. The number of pyridine rings is 1. The number of aryl methyl sites for hydroxylation is 1. The quantitative estimate of drug-likeness (QED) is 0.230. The van der Waals surface area contributed by atoms with Crippen molar-refractivity contribution in [2.45, 2.75) is 43.9 Å². The minimum atomic E-state index is -4.46. The van der Waals surface area contributed by atoms with E-state index >= 15 is 0 Å². The highest BCUT2D eigenvalue weighted by molar-refractivity contribution is 5.94. The summed E-state index contributed by atoms with van der Waals surface area (Å²) in [5.41, 5.74) is 18.4. The van der Waals surface area contributed by atoms with Crippen LogP contribution in [0.4, 0.5) is 13.2 Å². The van der Waals surface area contributed by atoms with Crippen molar-refractivity contribution in [2.75, 3.05) is 26.2 Å². The fourth-order valence-corrected chi connectivity index (χ4v) is 4.41. The van der Waals surface area contributed by atoms with Crippen LogP contribution < -0.4 is 22.5 Å². The molecule has 12 heteroatoms. The molecule has 41 heavy (non-hydrogen) atoms. The number of nitrogens with zero attached hydrogens (tertiary/aromatic N) is 2. The molecule has 0 saturated heterocycles. The first-order chi connectivity index (χ1) is 19.5. The second-order valence-corrected chi connectivity index (χ2v) is 9.74. The van der Waals surface area contributed by atoms with Crippen LogP contribution in [0.3, 0.4) is 0 Å². The Morgan fingerprint density at radius 3 is 2.24 bits per heavy atom. The Bertz CT molecular complexity index is 1330. The fraction of sp³-hybridized carbons (Fsp3) is 0.379. The van der Waals surface area contributed by atoms with E-state index in [1.807, 2.05) is 12.1 Å². The van der Waals surface area contributed by atoms with Crippen LogP contribution in [0.1, 0.15) is 29.5 Å². The van der Waals surface area contributed by atoms with E-state index in [1.54, 1.807) is 24.4 Å². The van der Waals surface area contributed by atoms with Gasteiger partial charge in [-0.2, -0.15) is 13.2 Å². The fourth-order valence-electron chi connectivity index (χ4n) is 4.41. The number of Topliss-reactive ketones (excluding diaryl/α,β-unsaturated/α-hetero) is 1. The maximum atomic E-state index is 13.4. The maximum Gasteiger partial charge on any atom is 0.416 e. The zero-order valence-electron chi connectivity index (χ0n) is 22.6. The predicted octanol–water partition coefficient (Wildman–Crippen LogP) is 1.95. The molecule has 0 spiro atoms. The number of ketones is 1. The molecular formula is C29H35F3N6O3. The molecular weight excluding hydrogens is 537 g/mol. The van der Waals surface area contributed by atoms with Gasteiger partial charge in [0.2, 0.25) is 11.8 Å². The van der Waals surface area contributed by atoms with Gasteiger partial charge in [-0.15, -0.1) is 0 Å². The lowest BCUT2D eigenvalue weighted by Gasteiger charge is -2.24. The molecule has 2 atom stereocenters. The number of amides is 2. The van der Waals surface area contributed by atoms with Crippen molar-refractivity contribution < 1.29 is 27.6 Å². The van der Waals surface area contributed by atoms with Crippen molar-refractivity contribution in [1.82, 2.24) is 15.2 Å². The van der Waals surface area contributed by atoms with Crippen LogP contribution >= 0.6 is 0 Å². The number of benzene rings is 2. The molecule has 0 aliphatic rings. The Morgan fingerprint density at radius 1 is 0.951 bits per heavy atom. The van der Waals surface area contributed by atoms with E-state index < -0.39 is 29.7 Å². The highest BCUT2D eigenvalue weighted by atomic mass is 19.4. The lowest BCUT2D eigenvalue weighted by molar-refractivity contribution is -0.137. The topological polar surface area (TPSA) is 157 Å². The first kappa shape index (κ1) is 31.7. The number of nitrogens with two attached hydrogens (primary N) is 3. The largest absolute Gasteiger partial charge is 0.416 e. The van der Waals surface area contributed by atoms with E-state index in [1.165, 1.54) is 17.0 Å². The molecule has 0 bridgehead atoms. The number of hydrogen-bond donors (Lipinski definition) is 4. The van der Waals surface area contributed by atoms with Gasteiger partial charge >= 0.3 is 6.18 Å². The van der Waals surface area contributed by atoms with Crippen molar-refractivity contribution >= 4 is 28.5 Å². The first-order valence-electron chi connectivity index (χ1n) is 13.3. The van der Waals surface area contributed by atoms with Crippen molar-refractivity contribution in [3.05, 3.63) is 77.5 Å². The molecule has 2 amide bonds. The second kappa shape index (κ2) is 14.7. The number of hydrogen-bond acceptors (Lipinski definition) is 7. The predicted molar refractivity (Wildman–Crippen MR) is 149 cm³/mol. The Balaban J connectivity index is 1.73. The third-order valence-electron chi connectivity index (χ3n) is 6.64. The highest BCUT2D eigenvalue weighted by Gasteiger charge is 2.30. The van der Waals surface area contributed by atoms with Gasteiger partial charge in [-0.25, -0.2) is 0 Å². The molecule has 1 heterocycles. The van der Waals surface area contributed by atoms with Gasteiger partial charge in [-0.05, 0) is 54.3 Å². The molecule has 3 rings (SSSR count). The van der Waals surface area contributed by atoms with Gasteiger partial charge in [-0.1, -0.05) is 24.3 Å². The third-order valence-corrected chi connectivity index (χ3v) is 6.64. The summed E-state index contributed by atoms with van der Waals surface area (Å²) < 4.78 is 38.8. The van der Waals surface area contributed by atoms with Crippen molar-refractivity contribution in [3.63, 3.8) is 0 Å². The zero-order valence-corrected chi connectivity index (χ0v) is 22.6. The Hall–Kier alpha value is -3.87. The average Bonchev–Trinajstić information content (AvgIpc) is 2.94. The number of carbonyl (C=O) groups is 3. The van der Waals surface area contributed by atoms with Crippen LogP contribution in [0.5, 0.6) is 0 Å². The molecule has 0 fully saturated rings. The molecule has 0 aliphatic heterocycles. The van der Waals surface area contributed by atoms with Gasteiger partial charge in [0.05, 0.1) is 29.6 Å². The number of carbonyl (C=O) groups excluding carboxylic acids is 3. The molecule has 2 aromatic carbocycles. The number of halogens is 3. The molecule has 220 valence electrons. The van der Waals surface area contributed by atoms with Crippen LogP contribution in [0.2, 0.25) is 0 Å². The van der Waals surface area contributed by atoms with Crippen LogP contribution in [-0.2, 0) is 33.4 Å². The molecule has 9 nitrogen and oxygen atoms in total. The minimum Gasteiger partial charge on any atom is -0.345 e. The summed E-state index contributed by atoms with van der Waals surface area (Å²) in [5.74, 6) is -1.38. The molecule has 3 aromatic rings. The van der Waals surface area contributed by atoms with Crippen LogP contribution in [0, 0.1) is 0 Å². The van der Waals surface area contributed by atoms with Crippen molar-refractivity contribution in [2.24, 2.45) is 17.2 Å². The van der Waals surface area contributed by atoms with Gasteiger partial charge in [0.25, 0.3) is 0 Å². The van der Waals surface area contributed by atoms with Crippen molar-refractivity contribution in [3.8, 4) is 0 Å². The summed E-state index contributed by atoms with van der Waals surface area (Å²) in [6, 6.07) is 11.5. The van der Waals surface area contributed by atoms with Gasteiger partial charge in [0, 0.05) is 44.2 Å². The molecule has 7 N–H and O–H groups in total. The SMILES string of the molecule is NCCN(CCN)C(=O)C[C@H](N)C(=O)N[C@H](CCc1ccc(C(F)(F)F)cc1)C(=O)Cc1ccc2ncccc2c1. The molecule has 0 radical (unpaired) electrons. The number of nitrogens with one attached hydrogen (secondary N) is 1. The lowest BCUT2D eigenvalue weighted by Crippen LogP contribution is -2.51. The summed E-state index contributed by atoms with van der Waals surface area (Å²) in [7, 11) is 0. The molecule has 0 aliphatic carbocycles. The van der Waals surface area contributed by atoms with E-state index in [-0.39, 0.29) is 63.6 Å². The highest BCUT2D eigenvalue weighted by Crippen LogP contribution is 2.29. The van der Waals surface area contributed by atoms with E-state index in [9.17, 15) is 27.6 Å². The minimum absolute atomic E-state index is 0.00224. The Morgan fingerprint density at radius 2 is 1.61 bits per heavy atom. The average molecular weight is 573 g/mol. The van der Waals surface area contributed by atoms with Crippen LogP contribution in [0.25, 0.3) is 10.9 Å². The summed E-state index contributed by atoms with van der Waals surface area (Å²) >= 11 is 0. The number of rotatable bonds is 14. The first-order valence-corrected chi connectivity index (χ1v) is 13.3. The van der Waals surface area contributed by atoms with Gasteiger partial charge in [0.15, 0.2) is 5.78 Å². The summed E-state index contributed by atoms with van der Waals surface area (Å²) in [6.45, 7) is 0.969. The van der Waals surface area contributed by atoms with Gasteiger partial charge < -0.3 is 27.4 Å². The normalized spacial score (nSPS) is 13.0. The Labute approximate surface area is 236 Å². The summed E-state index contributed by atoms with van der Waals surface area (Å²) in [5, 5.41) is 3.51. The Kier molecular flexibility index (Phi) is 11.3. The van der Waals surface area contributed by atoms with Gasteiger partial charge in [-0.3, -0.25) is 19.4 Å². The lowest BCUT2D eigenvalue weighted by atomic mass is 9.96. The van der Waals surface area contributed by atoms with E-state index in [2.05, 4.69) is 10.3 Å². The van der Waals surface area contributed by atoms with E-state index in [0.29, 0.717) is 11.1 Å². The standard InChI is InChI=1S/C29H35F3N6O3/c30-29(31,32)22-7-3-19(4-8-22)5-10-25(26(39)17-20-6-9-24-21(16-20)2-1-13-36-24)37-28(41)23(35)18-27(40)38(14-11-33)15-12-34/h1-4,6-9,13,16,23,25H,5,10-12,14-15,17-18,33-35H2,(H,37,41)/t23-,25+/m0/s1. The number of fused-ring (bicyclic) bond motifs is 1. The summed E-state index contributed by atoms with van der Waals surface area (Å²) in [4.78, 5) is 44.7. The van der Waals surface area contributed by atoms with Crippen LogP contribution in [0.15, 0.2) is 60.8 Å². The summed E-state index contributed by atoms with van der Waals surface area (Å²) in [6.07, 6.45) is -2.75. The van der Waals surface area contributed by atoms with E-state index in [0.717, 1.165) is 23.0 Å². The number of alkyl halides is 3. The molecule has 0 saturated carbocycles.